The smallest absolute Gasteiger partial charge is 0.222 e. The molecule has 2 rings (SSSR count). The van der Waals surface area contributed by atoms with Gasteiger partial charge in [0.1, 0.15) is 5.82 Å². The fourth-order valence-corrected chi connectivity index (χ4v) is 2.51. The Kier molecular flexibility index (Phi) is 5.51. The van der Waals surface area contributed by atoms with Crippen LogP contribution in [0.1, 0.15) is 17.5 Å². The molecule has 0 aromatic heterocycles. The van der Waals surface area contributed by atoms with Crippen molar-refractivity contribution in [2.45, 2.75) is 19.4 Å². The van der Waals surface area contributed by atoms with Gasteiger partial charge in [-0.3, -0.25) is 4.79 Å². The first-order valence-corrected chi connectivity index (χ1v) is 7.58. The molecular formula is C17H17BrFNO. The second-order valence-corrected chi connectivity index (χ2v) is 5.79. The minimum Gasteiger partial charge on any atom is -0.341 e. The van der Waals surface area contributed by atoms with E-state index in [2.05, 4.69) is 15.9 Å². The van der Waals surface area contributed by atoms with Crippen LogP contribution in [0.2, 0.25) is 0 Å². The van der Waals surface area contributed by atoms with Crippen LogP contribution >= 0.6 is 15.9 Å². The fourth-order valence-electron chi connectivity index (χ4n) is 2.10. The zero-order valence-corrected chi connectivity index (χ0v) is 13.4. The van der Waals surface area contributed by atoms with Crippen LogP contribution in [0.25, 0.3) is 0 Å². The first-order chi connectivity index (χ1) is 10.1. The van der Waals surface area contributed by atoms with Gasteiger partial charge < -0.3 is 4.90 Å². The van der Waals surface area contributed by atoms with Crippen molar-refractivity contribution in [2.24, 2.45) is 0 Å². The van der Waals surface area contributed by atoms with Crippen molar-refractivity contribution in [3.63, 3.8) is 0 Å². The van der Waals surface area contributed by atoms with Crippen LogP contribution < -0.4 is 0 Å². The Morgan fingerprint density at radius 2 is 1.71 bits per heavy atom. The first-order valence-electron chi connectivity index (χ1n) is 6.78. The summed E-state index contributed by atoms with van der Waals surface area (Å²) in [5, 5.41) is 0. The standard InChI is InChI=1S/C17H17BrFNO/c1-20(12-14-7-2-4-8-15(14)18)17(21)11-10-13-6-3-5-9-16(13)19/h2-9H,10-12H2,1H3. The van der Waals surface area contributed by atoms with Gasteiger partial charge in [0.15, 0.2) is 0 Å². The summed E-state index contributed by atoms with van der Waals surface area (Å²) < 4.78 is 14.5. The van der Waals surface area contributed by atoms with E-state index in [1.165, 1.54) is 6.07 Å². The molecule has 0 atom stereocenters. The van der Waals surface area contributed by atoms with Gasteiger partial charge in [-0.05, 0) is 29.7 Å². The summed E-state index contributed by atoms with van der Waals surface area (Å²) in [5.41, 5.74) is 1.64. The van der Waals surface area contributed by atoms with Gasteiger partial charge in [0.2, 0.25) is 5.91 Å². The van der Waals surface area contributed by atoms with E-state index in [1.807, 2.05) is 24.3 Å². The molecule has 0 aliphatic rings. The number of hydrogen-bond donors (Lipinski definition) is 0. The summed E-state index contributed by atoms with van der Waals surface area (Å²) in [5.74, 6) is -0.243. The molecule has 0 bridgehead atoms. The Hall–Kier alpha value is -1.68. The highest BCUT2D eigenvalue weighted by molar-refractivity contribution is 9.10. The third-order valence-corrected chi connectivity index (χ3v) is 4.13. The lowest BCUT2D eigenvalue weighted by molar-refractivity contribution is -0.130. The van der Waals surface area contributed by atoms with Crippen LogP contribution in [0.4, 0.5) is 4.39 Å². The number of carbonyl (C=O) groups excluding carboxylic acids is 1. The molecule has 4 heteroatoms. The molecule has 0 radical (unpaired) electrons. The maximum absolute atomic E-state index is 13.5. The molecule has 0 spiro atoms. The molecular weight excluding hydrogens is 333 g/mol. The minimum atomic E-state index is -0.251. The van der Waals surface area contributed by atoms with Crippen molar-refractivity contribution in [3.05, 3.63) is 69.9 Å². The molecule has 110 valence electrons. The number of hydrogen-bond acceptors (Lipinski definition) is 1. The van der Waals surface area contributed by atoms with E-state index in [1.54, 1.807) is 30.1 Å². The molecule has 0 fully saturated rings. The van der Waals surface area contributed by atoms with Gasteiger partial charge in [-0.2, -0.15) is 0 Å². The van der Waals surface area contributed by atoms with Gasteiger partial charge >= 0.3 is 0 Å². The van der Waals surface area contributed by atoms with Gasteiger partial charge in [0.05, 0.1) is 0 Å². The van der Waals surface area contributed by atoms with Crippen molar-refractivity contribution < 1.29 is 9.18 Å². The van der Waals surface area contributed by atoms with Crippen LogP contribution in [0.3, 0.4) is 0 Å². The van der Waals surface area contributed by atoms with Crippen LogP contribution in [-0.2, 0) is 17.8 Å². The third-order valence-electron chi connectivity index (χ3n) is 3.36. The highest BCUT2D eigenvalue weighted by Gasteiger charge is 2.12. The van der Waals surface area contributed by atoms with E-state index < -0.39 is 0 Å². The summed E-state index contributed by atoms with van der Waals surface area (Å²) in [4.78, 5) is 13.8. The van der Waals surface area contributed by atoms with Gasteiger partial charge in [-0.1, -0.05) is 52.3 Å². The van der Waals surface area contributed by atoms with Crippen LogP contribution in [0.15, 0.2) is 53.0 Å². The molecule has 21 heavy (non-hydrogen) atoms. The van der Waals surface area contributed by atoms with E-state index in [0.717, 1.165) is 10.0 Å². The van der Waals surface area contributed by atoms with E-state index in [4.69, 9.17) is 0 Å². The topological polar surface area (TPSA) is 20.3 Å². The molecule has 0 N–H and O–H groups in total. The van der Waals surface area contributed by atoms with Crippen molar-refractivity contribution in [1.82, 2.24) is 4.90 Å². The molecule has 2 aromatic rings. The average molecular weight is 350 g/mol. The molecule has 0 aliphatic heterocycles. The van der Waals surface area contributed by atoms with E-state index in [-0.39, 0.29) is 11.7 Å². The lowest BCUT2D eigenvalue weighted by Gasteiger charge is -2.18. The SMILES string of the molecule is CN(Cc1ccccc1Br)C(=O)CCc1ccccc1F. The van der Waals surface area contributed by atoms with Gasteiger partial charge in [-0.15, -0.1) is 0 Å². The zero-order valence-electron chi connectivity index (χ0n) is 11.9. The van der Waals surface area contributed by atoms with Gasteiger partial charge in [0, 0.05) is 24.5 Å². The Morgan fingerprint density at radius 3 is 2.38 bits per heavy atom. The second kappa shape index (κ2) is 7.36. The largest absolute Gasteiger partial charge is 0.341 e. The Labute approximate surface area is 132 Å². The molecule has 2 aromatic carbocycles. The quantitative estimate of drug-likeness (QED) is 0.792. The van der Waals surface area contributed by atoms with Gasteiger partial charge in [0.25, 0.3) is 0 Å². The van der Waals surface area contributed by atoms with E-state index >= 15 is 0 Å². The normalized spacial score (nSPS) is 10.4. The minimum absolute atomic E-state index is 0.00834. The van der Waals surface area contributed by atoms with Crippen molar-refractivity contribution >= 4 is 21.8 Å². The number of aryl methyl sites for hydroxylation is 1. The number of halogens is 2. The van der Waals surface area contributed by atoms with Crippen molar-refractivity contribution in [1.29, 1.82) is 0 Å². The lowest BCUT2D eigenvalue weighted by atomic mass is 10.1. The third kappa shape index (κ3) is 4.39. The second-order valence-electron chi connectivity index (χ2n) is 4.93. The highest BCUT2D eigenvalue weighted by atomic mass is 79.9. The van der Waals surface area contributed by atoms with Crippen molar-refractivity contribution in [2.75, 3.05) is 7.05 Å². The number of nitrogens with zero attached hydrogens (tertiary/aromatic N) is 1. The number of benzene rings is 2. The molecule has 0 saturated heterocycles. The summed E-state index contributed by atoms with van der Waals surface area (Å²) in [7, 11) is 1.77. The highest BCUT2D eigenvalue weighted by Crippen LogP contribution is 2.18. The number of amides is 1. The Bertz CT molecular complexity index is 630. The fraction of sp³-hybridized carbons (Fsp3) is 0.235. The number of carbonyl (C=O) groups is 1. The molecule has 0 unspecified atom stereocenters. The average Bonchev–Trinajstić information content (AvgIpc) is 2.48. The van der Waals surface area contributed by atoms with E-state index in [9.17, 15) is 9.18 Å². The predicted molar refractivity (Wildman–Crippen MR) is 85.3 cm³/mol. The number of rotatable bonds is 5. The summed E-state index contributed by atoms with van der Waals surface area (Å²) in [6, 6.07) is 14.4. The Balaban J connectivity index is 1.91. The first kappa shape index (κ1) is 15.7. The maximum atomic E-state index is 13.5. The Morgan fingerprint density at radius 1 is 1.10 bits per heavy atom. The molecule has 0 aliphatic carbocycles. The summed E-state index contributed by atoms with van der Waals surface area (Å²) in [6.07, 6.45) is 0.730. The lowest BCUT2D eigenvalue weighted by Crippen LogP contribution is -2.26. The molecule has 0 saturated carbocycles. The molecule has 1 amide bonds. The van der Waals surface area contributed by atoms with E-state index in [0.29, 0.717) is 24.9 Å². The summed E-state index contributed by atoms with van der Waals surface area (Å²) >= 11 is 3.47. The predicted octanol–water partition coefficient (Wildman–Crippen LogP) is 4.18. The maximum Gasteiger partial charge on any atom is 0.222 e. The molecule has 0 heterocycles. The van der Waals surface area contributed by atoms with Gasteiger partial charge in [-0.25, -0.2) is 4.39 Å². The van der Waals surface area contributed by atoms with Crippen LogP contribution in [-0.4, -0.2) is 17.9 Å². The van der Waals surface area contributed by atoms with Crippen LogP contribution in [0.5, 0.6) is 0 Å². The van der Waals surface area contributed by atoms with Crippen LogP contribution in [0, 0.1) is 5.82 Å². The monoisotopic (exact) mass is 349 g/mol. The van der Waals surface area contributed by atoms with Crippen molar-refractivity contribution in [3.8, 4) is 0 Å². The molecule has 2 nitrogen and oxygen atoms in total. The zero-order chi connectivity index (χ0) is 15.2. The summed E-state index contributed by atoms with van der Waals surface area (Å²) in [6.45, 7) is 0.539.